The van der Waals surface area contributed by atoms with Gasteiger partial charge in [-0.3, -0.25) is 5.73 Å². The number of carbonyl (C=O) groups excluding carboxylic acids is 1. The SMILES string of the molecule is NC(OC(N)C(F)(F)F)C1CCC(CN(C(=O)N2CCOCC2)C2CCC(F)CC2F)C(F)C1. The van der Waals surface area contributed by atoms with E-state index in [1.54, 1.807) is 0 Å². The number of alkyl halides is 6. The van der Waals surface area contributed by atoms with Crippen LogP contribution in [0, 0.1) is 11.8 Å². The topological polar surface area (TPSA) is 94.0 Å². The van der Waals surface area contributed by atoms with Crippen LogP contribution in [0.25, 0.3) is 0 Å². The smallest absolute Gasteiger partial charge is 0.378 e. The van der Waals surface area contributed by atoms with Crippen molar-refractivity contribution in [1.29, 1.82) is 0 Å². The summed E-state index contributed by atoms with van der Waals surface area (Å²) >= 11 is 0. The Morgan fingerprint density at radius 2 is 1.71 bits per heavy atom. The van der Waals surface area contributed by atoms with Gasteiger partial charge < -0.3 is 25.0 Å². The molecular formula is C21H34F6N4O3. The van der Waals surface area contributed by atoms with Crippen LogP contribution in [-0.4, -0.2) is 91.9 Å². The summed E-state index contributed by atoms with van der Waals surface area (Å²) in [5.41, 5.74) is 10.7. The second kappa shape index (κ2) is 11.6. The third-order valence-corrected chi connectivity index (χ3v) is 7.07. The maximum atomic E-state index is 15.1. The number of rotatable bonds is 6. The second-order valence-electron chi connectivity index (χ2n) is 9.44. The number of hydrogen-bond acceptors (Lipinski definition) is 5. The second-order valence-corrected chi connectivity index (χ2v) is 9.44. The number of nitrogens with zero attached hydrogens (tertiary/aromatic N) is 2. The monoisotopic (exact) mass is 504 g/mol. The number of urea groups is 1. The normalized spacial score (nSPS) is 35.0. The van der Waals surface area contributed by atoms with Crippen LogP contribution in [0.5, 0.6) is 0 Å². The first-order chi connectivity index (χ1) is 16.0. The highest BCUT2D eigenvalue weighted by molar-refractivity contribution is 5.75. The summed E-state index contributed by atoms with van der Waals surface area (Å²) in [6.07, 6.45) is -12.8. The van der Waals surface area contributed by atoms with Crippen LogP contribution in [-0.2, 0) is 9.47 Å². The Kier molecular flexibility index (Phi) is 9.32. The summed E-state index contributed by atoms with van der Waals surface area (Å²) in [5.74, 6) is -1.33. The Bertz CT molecular complexity index is 669. The van der Waals surface area contributed by atoms with Crippen molar-refractivity contribution in [3.63, 3.8) is 0 Å². The molecule has 2 aliphatic carbocycles. The van der Waals surface area contributed by atoms with Gasteiger partial charge in [-0.05, 0) is 32.1 Å². The Morgan fingerprint density at radius 1 is 1.03 bits per heavy atom. The van der Waals surface area contributed by atoms with Crippen molar-refractivity contribution in [2.75, 3.05) is 32.8 Å². The molecule has 0 radical (unpaired) electrons. The quantitative estimate of drug-likeness (QED) is 0.429. The molecule has 0 aromatic rings. The molecule has 3 aliphatic rings. The molecule has 4 N–H and O–H groups in total. The van der Waals surface area contributed by atoms with E-state index in [4.69, 9.17) is 16.2 Å². The minimum Gasteiger partial charge on any atom is -0.378 e. The van der Waals surface area contributed by atoms with Gasteiger partial charge in [-0.15, -0.1) is 0 Å². The lowest BCUT2D eigenvalue weighted by atomic mass is 9.79. The van der Waals surface area contributed by atoms with E-state index in [2.05, 4.69) is 4.74 Å². The minimum absolute atomic E-state index is 0.0652. The zero-order valence-electron chi connectivity index (χ0n) is 18.9. The molecule has 2 saturated carbocycles. The number of nitrogens with two attached hydrogens (primary N) is 2. The summed E-state index contributed by atoms with van der Waals surface area (Å²) in [5, 5.41) is 0. The van der Waals surface area contributed by atoms with Crippen LogP contribution in [0.15, 0.2) is 0 Å². The molecule has 8 atom stereocenters. The molecule has 8 unspecified atom stereocenters. The van der Waals surface area contributed by atoms with Crippen molar-refractivity contribution in [2.45, 2.75) is 81.7 Å². The van der Waals surface area contributed by atoms with E-state index >= 15 is 4.39 Å². The highest BCUT2D eigenvalue weighted by atomic mass is 19.4. The van der Waals surface area contributed by atoms with Gasteiger partial charge in [0, 0.05) is 37.9 Å². The predicted octanol–water partition coefficient (Wildman–Crippen LogP) is 2.87. The van der Waals surface area contributed by atoms with Crippen molar-refractivity contribution >= 4 is 6.03 Å². The summed E-state index contributed by atoms with van der Waals surface area (Å²) in [6.45, 7) is 1.25. The molecule has 3 fully saturated rings. The number of hydrogen-bond donors (Lipinski definition) is 2. The van der Waals surface area contributed by atoms with Crippen molar-refractivity contribution in [3.05, 3.63) is 0 Å². The van der Waals surface area contributed by atoms with Crippen molar-refractivity contribution in [3.8, 4) is 0 Å². The first-order valence-electron chi connectivity index (χ1n) is 11.8. The molecule has 7 nitrogen and oxygen atoms in total. The van der Waals surface area contributed by atoms with Gasteiger partial charge in [0.1, 0.15) is 24.7 Å². The number of morpholine rings is 1. The van der Waals surface area contributed by atoms with Gasteiger partial charge in [0.2, 0.25) is 6.23 Å². The lowest BCUT2D eigenvalue weighted by Gasteiger charge is -2.44. The highest BCUT2D eigenvalue weighted by Gasteiger charge is 2.44. The van der Waals surface area contributed by atoms with E-state index in [9.17, 15) is 26.7 Å². The summed E-state index contributed by atoms with van der Waals surface area (Å²) in [6, 6.07) is -1.29. The van der Waals surface area contributed by atoms with Crippen LogP contribution in [0.4, 0.5) is 31.1 Å². The maximum absolute atomic E-state index is 15.1. The molecule has 0 aromatic heterocycles. The number of halogens is 6. The van der Waals surface area contributed by atoms with Crippen LogP contribution in [0.2, 0.25) is 0 Å². The first kappa shape index (κ1) is 27.3. The lowest BCUT2D eigenvalue weighted by Crippen LogP contribution is -2.57. The van der Waals surface area contributed by atoms with E-state index in [0.717, 1.165) is 0 Å². The van der Waals surface area contributed by atoms with Gasteiger partial charge in [0.15, 0.2) is 0 Å². The standard InChI is InChI=1S/C21H34F6N4O3/c22-14-3-4-17(16(24)10-14)31(20(32)30-5-7-33-8-6-30)11-13-2-1-12(9-15(13)23)18(28)34-19(29)21(25,26)27/h12-19H,1-11,28-29H2. The Hall–Kier alpha value is -1.31. The minimum atomic E-state index is -4.79. The third kappa shape index (κ3) is 6.88. The average molecular weight is 505 g/mol. The first-order valence-corrected chi connectivity index (χ1v) is 11.8. The van der Waals surface area contributed by atoms with Crippen molar-refractivity contribution < 1.29 is 40.6 Å². The molecule has 1 saturated heterocycles. The van der Waals surface area contributed by atoms with E-state index in [1.807, 2.05) is 0 Å². The summed E-state index contributed by atoms with van der Waals surface area (Å²) in [4.78, 5) is 16.1. The fourth-order valence-electron chi connectivity index (χ4n) is 5.02. The largest absolute Gasteiger partial charge is 0.428 e. The number of ether oxygens (including phenoxy) is 2. The van der Waals surface area contributed by atoms with Gasteiger partial charge in [0.25, 0.3) is 0 Å². The lowest BCUT2D eigenvalue weighted by molar-refractivity contribution is -0.237. The number of amides is 2. The molecule has 198 valence electrons. The van der Waals surface area contributed by atoms with Gasteiger partial charge in [-0.25, -0.2) is 18.0 Å². The third-order valence-electron chi connectivity index (χ3n) is 7.07. The van der Waals surface area contributed by atoms with Gasteiger partial charge in [-0.2, -0.15) is 13.2 Å². The molecule has 0 aromatic carbocycles. The molecule has 34 heavy (non-hydrogen) atoms. The van der Waals surface area contributed by atoms with Crippen molar-refractivity contribution in [1.82, 2.24) is 9.80 Å². The molecular weight excluding hydrogens is 470 g/mol. The fourth-order valence-corrected chi connectivity index (χ4v) is 5.02. The predicted molar refractivity (Wildman–Crippen MR) is 111 cm³/mol. The van der Waals surface area contributed by atoms with Gasteiger partial charge >= 0.3 is 12.2 Å². The van der Waals surface area contributed by atoms with Crippen molar-refractivity contribution in [2.24, 2.45) is 23.3 Å². The molecule has 1 aliphatic heterocycles. The molecule has 0 bridgehead atoms. The molecule has 2 amide bonds. The Labute approximate surface area is 195 Å². The van der Waals surface area contributed by atoms with Crippen LogP contribution in [0.3, 0.4) is 0 Å². The Balaban J connectivity index is 1.65. The van der Waals surface area contributed by atoms with Crippen LogP contribution >= 0.6 is 0 Å². The van der Waals surface area contributed by atoms with E-state index in [1.165, 1.54) is 9.80 Å². The van der Waals surface area contributed by atoms with Crippen LogP contribution < -0.4 is 11.5 Å². The molecule has 3 rings (SSSR count). The molecule has 1 heterocycles. The average Bonchev–Trinajstić information content (AvgIpc) is 2.78. The maximum Gasteiger partial charge on any atom is 0.428 e. The van der Waals surface area contributed by atoms with Crippen LogP contribution in [0.1, 0.15) is 38.5 Å². The van der Waals surface area contributed by atoms with Gasteiger partial charge in [0.05, 0.1) is 19.3 Å². The van der Waals surface area contributed by atoms with E-state index < -0.39 is 61.1 Å². The molecule has 0 spiro atoms. The fraction of sp³-hybridized carbons (Fsp3) is 0.952. The zero-order valence-corrected chi connectivity index (χ0v) is 18.9. The molecule has 13 heteroatoms. The summed E-state index contributed by atoms with van der Waals surface area (Å²) < 4.78 is 91.5. The summed E-state index contributed by atoms with van der Waals surface area (Å²) in [7, 11) is 0. The van der Waals surface area contributed by atoms with E-state index in [-0.39, 0.29) is 45.1 Å². The zero-order chi connectivity index (χ0) is 25.0. The van der Waals surface area contributed by atoms with E-state index in [0.29, 0.717) is 26.3 Å². The van der Waals surface area contributed by atoms with Gasteiger partial charge in [-0.1, -0.05) is 0 Å². The highest BCUT2D eigenvalue weighted by Crippen LogP contribution is 2.36. The Morgan fingerprint density at radius 3 is 2.29 bits per heavy atom. The number of carbonyl (C=O) groups is 1.